The molecule has 0 spiro atoms. The molecule has 0 aromatic carbocycles. The molecule has 3 saturated carbocycles. The van der Waals surface area contributed by atoms with Crippen molar-refractivity contribution in [1.29, 1.82) is 0 Å². The number of fused-ring (bicyclic) bond motifs is 3. The summed E-state index contributed by atoms with van der Waals surface area (Å²) in [7, 11) is 0. The van der Waals surface area contributed by atoms with E-state index >= 15 is 0 Å². The van der Waals surface area contributed by atoms with Crippen LogP contribution in [-0.2, 0) is 14.3 Å². The number of hydrogen-bond acceptors (Lipinski definition) is 5. The number of ketones is 1. The van der Waals surface area contributed by atoms with E-state index in [1.165, 1.54) is 6.92 Å². The van der Waals surface area contributed by atoms with Gasteiger partial charge in [0.1, 0.15) is 11.9 Å². The highest BCUT2D eigenvalue weighted by Gasteiger charge is 2.65. The quantitative estimate of drug-likeness (QED) is 0.250. The number of carbonyl (C=O) groups is 2. The molecule has 0 N–H and O–H groups in total. The number of hydrogen-bond donors (Lipinski definition) is 0. The van der Waals surface area contributed by atoms with Crippen LogP contribution in [0.1, 0.15) is 91.9 Å². The van der Waals surface area contributed by atoms with Gasteiger partial charge in [0.25, 0.3) is 0 Å². The predicted octanol–water partition coefficient (Wildman–Crippen LogP) is 6.99. The Balaban J connectivity index is 1.62. The van der Waals surface area contributed by atoms with Crippen LogP contribution in [0, 0.1) is 35.0 Å². The predicted molar refractivity (Wildman–Crippen MR) is 146 cm³/mol. The van der Waals surface area contributed by atoms with E-state index in [1.54, 1.807) is 13.0 Å². The maximum absolute atomic E-state index is 13.5. The zero-order chi connectivity index (χ0) is 27.3. The van der Waals surface area contributed by atoms with Crippen LogP contribution in [0.25, 0.3) is 5.57 Å². The van der Waals surface area contributed by atoms with Crippen molar-refractivity contribution >= 4 is 17.3 Å². The molecule has 0 radical (unpaired) electrons. The van der Waals surface area contributed by atoms with E-state index in [0.717, 1.165) is 42.4 Å². The van der Waals surface area contributed by atoms with Gasteiger partial charge in [0.05, 0.1) is 0 Å². The van der Waals surface area contributed by atoms with E-state index in [2.05, 4.69) is 27.7 Å². The number of aryl methyl sites for hydroxylation is 1. The molecule has 0 aliphatic heterocycles. The second-order valence-corrected chi connectivity index (χ2v) is 12.7. The first kappa shape index (κ1) is 27.3. The first-order chi connectivity index (χ1) is 17.2. The third kappa shape index (κ3) is 4.59. The first-order valence-electron chi connectivity index (χ1n) is 13.6. The third-order valence-corrected chi connectivity index (χ3v) is 10.0. The van der Waals surface area contributed by atoms with E-state index in [4.69, 9.17) is 9.15 Å². The molecule has 5 atom stereocenters. The minimum Gasteiger partial charge on any atom is -0.462 e. The average molecular weight is 507 g/mol. The maximum Gasteiger partial charge on any atom is 0.339 e. The summed E-state index contributed by atoms with van der Waals surface area (Å²) in [6.07, 6.45) is 10.2. The van der Waals surface area contributed by atoms with Crippen molar-refractivity contribution in [3.63, 3.8) is 0 Å². The lowest BCUT2D eigenvalue weighted by Crippen LogP contribution is -2.58. The van der Waals surface area contributed by atoms with Crippen molar-refractivity contribution < 1.29 is 18.7 Å². The third-order valence-electron chi connectivity index (χ3n) is 10.0. The molecule has 0 bridgehead atoms. The van der Waals surface area contributed by atoms with Gasteiger partial charge in [-0.3, -0.25) is 9.59 Å². The molecule has 3 fully saturated rings. The Morgan fingerprint density at radius 3 is 2.38 bits per heavy atom. The molecule has 1 aromatic heterocycles. The van der Waals surface area contributed by atoms with Crippen LogP contribution in [0.15, 0.2) is 50.7 Å². The Bertz CT molecular complexity index is 1260. The highest BCUT2D eigenvalue weighted by atomic mass is 16.5. The molecule has 5 nitrogen and oxygen atoms in total. The van der Waals surface area contributed by atoms with Crippen LogP contribution < -0.4 is 5.63 Å². The SMILES string of the molecule is CC(=O)O[C@H]1CC[C@@]2(C)[C@@H](CC[C@]3(C)/C(=C(\C)C=CC=C(C)c4ccc(C)c(=O)o4)C(=O)C[C@@H]23)C1(C)C. The van der Waals surface area contributed by atoms with E-state index < -0.39 is 0 Å². The fraction of sp³-hybridized carbons (Fsp3) is 0.594. The fourth-order valence-electron chi connectivity index (χ4n) is 8.17. The van der Waals surface area contributed by atoms with Crippen LogP contribution in [0.4, 0.5) is 0 Å². The van der Waals surface area contributed by atoms with Gasteiger partial charge >= 0.3 is 11.6 Å². The fourth-order valence-corrected chi connectivity index (χ4v) is 8.17. The molecule has 0 saturated heterocycles. The maximum atomic E-state index is 13.5. The molecule has 1 aromatic rings. The van der Waals surface area contributed by atoms with Gasteiger partial charge in [-0.2, -0.15) is 0 Å². The van der Waals surface area contributed by atoms with E-state index in [-0.39, 0.29) is 45.6 Å². The van der Waals surface area contributed by atoms with E-state index in [9.17, 15) is 14.4 Å². The lowest BCUT2D eigenvalue weighted by atomic mass is 9.43. The number of carbonyl (C=O) groups excluding carboxylic acids is 2. The van der Waals surface area contributed by atoms with Crippen LogP contribution in [-0.4, -0.2) is 17.9 Å². The summed E-state index contributed by atoms with van der Waals surface area (Å²) in [5.74, 6) is 1.28. The molecule has 3 aliphatic rings. The summed E-state index contributed by atoms with van der Waals surface area (Å²) in [4.78, 5) is 37.2. The number of esters is 1. The van der Waals surface area contributed by atoms with Gasteiger partial charge in [-0.15, -0.1) is 0 Å². The van der Waals surface area contributed by atoms with Crippen molar-refractivity contribution in [2.45, 2.75) is 93.6 Å². The molecule has 37 heavy (non-hydrogen) atoms. The van der Waals surface area contributed by atoms with Gasteiger partial charge in [0.2, 0.25) is 0 Å². The highest BCUT2D eigenvalue weighted by Crippen LogP contribution is 2.69. The number of Topliss-reactive ketones (excluding diaryl/α,β-unsaturated/α-hetero) is 1. The molecule has 5 heteroatoms. The van der Waals surface area contributed by atoms with E-state index in [0.29, 0.717) is 23.7 Å². The Labute approximate surface area is 221 Å². The Hall–Kier alpha value is -2.69. The standard InChI is InChI=1S/C32H42O5/c1-19(24-13-12-21(3)29(35)37-24)10-9-11-20(2)28-23(34)18-26-31(7)17-15-27(36-22(4)33)30(5,6)25(31)14-16-32(26,28)8/h9-13,25-27H,14-18H2,1-8H3/b11-9?,19-10?,28-20+/t25-,26-,27-,31-,32-/m0/s1. The number of allylic oxidation sites excluding steroid dienone is 6. The summed E-state index contributed by atoms with van der Waals surface area (Å²) in [6.45, 7) is 16.4. The summed E-state index contributed by atoms with van der Waals surface area (Å²) < 4.78 is 11.2. The van der Waals surface area contributed by atoms with Crippen molar-refractivity contribution in [3.05, 3.63) is 63.3 Å². The van der Waals surface area contributed by atoms with Gasteiger partial charge in [-0.1, -0.05) is 45.9 Å². The molecule has 4 rings (SSSR count). The van der Waals surface area contributed by atoms with Crippen molar-refractivity contribution in [2.75, 3.05) is 0 Å². The lowest BCUT2D eigenvalue weighted by molar-refractivity contribution is -0.185. The molecule has 200 valence electrons. The van der Waals surface area contributed by atoms with E-state index in [1.807, 2.05) is 38.1 Å². The minimum atomic E-state index is -0.322. The lowest BCUT2D eigenvalue weighted by Gasteiger charge is -2.62. The topological polar surface area (TPSA) is 73.6 Å². The van der Waals surface area contributed by atoms with Gasteiger partial charge in [-0.05, 0) is 87.0 Å². The molecule has 1 heterocycles. The van der Waals surface area contributed by atoms with Crippen LogP contribution >= 0.6 is 0 Å². The zero-order valence-corrected chi connectivity index (χ0v) is 23.7. The summed E-state index contributed by atoms with van der Waals surface area (Å²) in [5.41, 5.74) is 2.84. The Morgan fingerprint density at radius 2 is 1.73 bits per heavy atom. The first-order valence-corrected chi connectivity index (χ1v) is 13.6. The average Bonchev–Trinajstić information content (AvgIpc) is 3.08. The van der Waals surface area contributed by atoms with Gasteiger partial charge in [0, 0.05) is 35.3 Å². The number of ether oxygens (including phenoxy) is 1. The monoisotopic (exact) mass is 506 g/mol. The van der Waals surface area contributed by atoms with Crippen molar-refractivity contribution in [3.8, 4) is 0 Å². The number of rotatable bonds is 4. The van der Waals surface area contributed by atoms with Crippen LogP contribution in [0.5, 0.6) is 0 Å². The summed E-state index contributed by atoms with van der Waals surface area (Å²) >= 11 is 0. The highest BCUT2D eigenvalue weighted by molar-refractivity contribution is 6.00. The summed E-state index contributed by atoms with van der Waals surface area (Å²) in [6, 6.07) is 3.58. The molecule has 0 amide bonds. The Kier molecular flexibility index (Phi) is 7.07. The molecular weight excluding hydrogens is 464 g/mol. The second-order valence-electron chi connectivity index (χ2n) is 12.7. The zero-order valence-electron chi connectivity index (χ0n) is 23.7. The van der Waals surface area contributed by atoms with Crippen molar-refractivity contribution in [2.24, 2.45) is 28.1 Å². The Morgan fingerprint density at radius 1 is 1.03 bits per heavy atom. The molecular formula is C32H42O5. The van der Waals surface area contributed by atoms with Gasteiger partial charge < -0.3 is 9.15 Å². The largest absolute Gasteiger partial charge is 0.462 e. The summed E-state index contributed by atoms with van der Waals surface area (Å²) in [5, 5.41) is 0. The minimum absolute atomic E-state index is 0.0219. The van der Waals surface area contributed by atoms with Crippen LogP contribution in [0.3, 0.4) is 0 Å². The smallest absolute Gasteiger partial charge is 0.339 e. The van der Waals surface area contributed by atoms with Crippen LogP contribution in [0.2, 0.25) is 0 Å². The normalized spacial score (nSPS) is 34.8. The van der Waals surface area contributed by atoms with Crippen molar-refractivity contribution in [1.82, 2.24) is 0 Å². The molecule has 3 aliphatic carbocycles. The second kappa shape index (κ2) is 9.56. The van der Waals surface area contributed by atoms with Gasteiger partial charge in [-0.25, -0.2) is 4.79 Å². The van der Waals surface area contributed by atoms with Gasteiger partial charge in [0.15, 0.2) is 5.78 Å². The molecule has 0 unspecified atom stereocenters.